The average Bonchev–Trinajstić information content (AvgIpc) is 2.98. The van der Waals surface area contributed by atoms with E-state index < -0.39 is 0 Å². The van der Waals surface area contributed by atoms with Gasteiger partial charge in [-0.2, -0.15) is 0 Å². The molecule has 0 spiro atoms. The Morgan fingerprint density at radius 1 is 1.30 bits per heavy atom. The van der Waals surface area contributed by atoms with Crippen LogP contribution in [0.5, 0.6) is 0 Å². The number of hydrogen-bond donors (Lipinski definition) is 1. The van der Waals surface area contributed by atoms with Gasteiger partial charge in [-0.25, -0.2) is 4.39 Å². The van der Waals surface area contributed by atoms with E-state index in [2.05, 4.69) is 34.7 Å². The third-order valence-corrected chi connectivity index (χ3v) is 5.33. The molecule has 1 unspecified atom stereocenters. The SMILES string of the molecule is CCC(CC)(C(N)c1cc(Br)ccc1F)N1CCCC1. The van der Waals surface area contributed by atoms with Crippen molar-refractivity contribution in [3.05, 3.63) is 34.1 Å². The number of nitrogens with two attached hydrogens (primary N) is 1. The van der Waals surface area contributed by atoms with Crippen molar-refractivity contribution in [2.45, 2.75) is 51.1 Å². The van der Waals surface area contributed by atoms with Gasteiger partial charge in [-0.15, -0.1) is 0 Å². The number of halogens is 2. The quantitative estimate of drug-likeness (QED) is 0.866. The Bertz CT molecular complexity index is 454. The molecule has 1 aliphatic rings. The fourth-order valence-electron chi connectivity index (χ4n) is 3.54. The number of nitrogens with zero attached hydrogens (tertiary/aromatic N) is 1. The molecule has 0 aromatic heterocycles. The van der Waals surface area contributed by atoms with Crippen molar-refractivity contribution in [2.24, 2.45) is 5.73 Å². The van der Waals surface area contributed by atoms with E-state index in [-0.39, 0.29) is 17.4 Å². The molecular formula is C16H24BrFN2. The molecule has 0 aliphatic carbocycles. The van der Waals surface area contributed by atoms with Gasteiger partial charge in [0.1, 0.15) is 5.82 Å². The number of hydrogen-bond acceptors (Lipinski definition) is 2. The van der Waals surface area contributed by atoms with Crippen LogP contribution in [0, 0.1) is 5.82 Å². The van der Waals surface area contributed by atoms with Gasteiger partial charge in [0.25, 0.3) is 0 Å². The molecule has 2 N–H and O–H groups in total. The minimum atomic E-state index is -0.298. The molecule has 112 valence electrons. The normalized spacial score (nSPS) is 18.4. The summed E-state index contributed by atoms with van der Waals surface area (Å²) >= 11 is 3.42. The molecule has 1 heterocycles. The fraction of sp³-hybridized carbons (Fsp3) is 0.625. The largest absolute Gasteiger partial charge is 0.322 e. The summed E-state index contributed by atoms with van der Waals surface area (Å²) < 4.78 is 15.1. The lowest BCUT2D eigenvalue weighted by Gasteiger charge is -2.45. The van der Waals surface area contributed by atoms with Gasteiger partial charge in [0.15, 0.2) is 0 Å². The molecule has 2 nitrogen and oxygen atoms in total. The summed E-state index contributed by atoms with van der Waals surface area (Å²) in [6.07, 6.45) is 4.32. The first-order chi connectivity index (χ1) is 9.55. The first-order valence-electron chi connectivity index (χ1n) is 7.50. The smallest absolute Gasteiger partial charge is 0.128 e. The maximum Gasteiger partial charge on any atom is 0.128 e. The molecule has 20 heavy (non-hydrogen) atoms. The molecule has 0 amide bonds. The lowest BCUT2D eigenvalue weighted by molar-refractivity contribution is 0.0754. The second-order valence-electron chi connectivity index (χ2n) is 5.65. The summed E-state index contributed by atoms with van der Waals surface area (Å²) in [5.41, 5.74) is 7.02. The summed E-state index contributed by atoms with van der Waals surface area (Å²) in [5, 5.41) is 0. The molecule has 0 radical (unpaired) electrons. The van der Waals surface area contributed by atoms with Gasteiger partial charge in [-0.3, -0.25) is 4.90 Å². The monoisotopic (exact) mass is 342 g/mol. The zero-order valence-corrected chi connectivity index (χ0v) is 13.9. The molecular weight excluding hydrogens is 319 g/mol. The van der Waals surface area contributed by atoms with E-state index >= 15 is 0 Å². The highest BCUT2D eigenvalue weighted by Gasteiger charge is 2.41. The number of likely N-dealkylation sites (tertiary alicyclic amines) is 1. The standard InChI is InChI=1S/C16H24BrFN2/c1-3-16(4-2,20-9-5-6-10-20)15(19)13-11-12(17)7-8-14(13)18/h7-8,11,15H,3-6,9-10,19H2,1-2H3. The Labute approximate surface area is 129 Å². The van der Waals surface area contributed by atoms with E-state index in [9.17, 15) is 4.39 Å². The molecule has 4 heteroatoms. The predicted molar refractivity (Wildman–Crippen MR) is 85.1 cm³/mol. The number of rotatable bonds is 5. The van der Waals surface area contributed by atoms with Gasteiger partial charge in [0, 0.05) is 15.6 Å². The molecule has 0 saturated carbocycles. The summed E-state index contributed by atoms with van der Waals surface area (Å²) in [4.78, 5) is 2.47. The van der Waals surface area contributed by atoms with Crippen molar-refractivity contribution >= 4 is 15.9 Å². The second-order valence-corrected chi connectivity index (χ2v) is 6.56. The highest BCUT2D eigenvalue weighted by molar-refractivity contribution is 9.10. The maximum absolute atomic E-state index is 14.2. The van der Waals surface area contributed by atoms with E-state index in [0.717, 1.165) is 30.4 Å². The Kier molecular flexibility index (Phi) is 5.21. The van der Waals surface area contributed by atoms with Crippen molar-refractivity contribution < 1.29 is 4.39 Å². The molecule has 1 atom stereocenters. The molecule has 1 aromatic rings. The lowest BCUT2D eigenvalue weighted by atomic mass is 9.79. The van der Waals surface area contributed by atoms with Crippen LogP contribution in [-0.2, 0) is 0 Å². The van der Waals surface area contributed by atoms with Gasteiger partial charge in [0.2, 0.25) is 0 Å². The summed E-state index contributed by atoms with van der Waals surface area (Å²) in [6, 6.07) is 4.75. The van der Waals surface area contributed by atoms with Crippen molar-refractivity contribution in [3.63, 3.8) is 0 Å². The van der Waals surface area contributed by atoms with Crippen LogP contribution in [-0.4, -0.2) is 23.5 Å². The zero-order valence-electron chi connectivity index (χ0n) is 12.3. The van der Waals surface area contributed by atoms with E-state index in [4.69, 9.17) is 5.73 Å². The van der Waals surface area contributed by atoms with Gasteiger partial charge in [-0.1, -0.05) is 29.8 Å². The fourth-order valence-corrected chi connectivity index (χ4v) is 3.92. The van der Waals surface area contributed by atoms with Crippen LogP contribution in [0.25, 0.3) is 0 Å². The van der Waals surface area contributed by atoms with Crippen LogP contribution in [0.2, 0.25) is 0 Å². The summed E-state index contributed by atoms with van der Waals surface area (Å²) in [7, 11) is 0. The first-order valence-corrected chi connectivity index (χ1v) is 8.30. The highest BCUT2D eigenvalue weighted by Crippen LogP contribution is 2.39. The Balaban J connectivity index is 2.39. The van der Waals surface area contributed by atoms with Gasteiger partial charge < -0.3 is 5.73 Å². The van der Waals surface area contributed by atoms with Crippen LogP contribution in [0.3, 0.4) is 0 Å². The molecule has 0 bridgehead atoms. The van der Waals surface area contributed by atoms with E-state index in [1.807, 2.05) is 6.07 Å². The molecule has 1 fully saturated rings. The van der Waals surface area contributed by atoms with E-state index in [1.54, 1.807) is 6.07 Å². The number of benzene rings is 1. The van der Waals surface area contributed by atoms with Crippen LogP contribution in [0.15, 0.2) is 22.7 Å². The van der Waals surface area contributed by atoms with Gasteiger partial charge in [-0.05, 0) is 57.0 Å². The van der Waals surface area contributed by atoms with Crippen LogP contribution in [0.4, 0.5) is 4.39 Å². The van der Waals surface area contributed by atoms with Gasteiger partial charge in [0.05, 0.1) is 6.04 Å². The third-order valence-electron chi connectivity index (χ3n) is 4.83. The molecule has 1 aromatic carbocycles. The Hall–Kier alpha value is -0.450. The maximum atomic E-state index is 14.2. The lowest BCUT2D eigenvalue weighted by Crippen LogP contribution is -2.54. The second kappa shape index (κ2) is 6.54. The Morgan fingerprint density at radius 3 is 2.45 bits per heavy atom. The van der Waals surface area contributed by atoms with Crippen molar-refractivity contribution in [1.29, 1.82) is 0 Å². The van der Waals surface area contributed by atoms with E-state index in [1.165, 1.54) is 18.9 Å². The minimum absolute atomic E-state index is 0.141. The van der Waals surface area contributed by atoms with Crippen molar-refractivity contribution in [3.8, 4) is 0 Å². The topological polar surface area (TPSA) is 29.3 Å². The zero-order chi connectivity index (χ0) is 14.8. The summed E-state index contributed by atoms with van der Waals surface area (Å²) in [5.74, 6) is -0.203. The van der Waals surface area contributed by atoms with Crippen LogP contribution >= 0.6 is 15.9 Å². The highest BCUT2D eigenvalue weighted by atomic mass is 79.9. The van der Waals surface area contributed by atoms with Crippen molar-refractivity contribution in [2.75, 3.05) is 13.1 Å². The average molecular weight is 343 g/mol. The van der Waals surface area contributed by atoms with Crippen LogP contribution < -0.4 is 5.73 Å². The molecule has 1 saturated heterocycles. The van der Waals surface area contributed by atoms with Crippen molar-refractivity contribution in [1.82, 2.24) is 4.90 Å². The molecule has 2 rings (SSSR count). The van der Waals surface area contributed by atoms with Crippen LogP contribution in [0.1, 0.15) is 51.1 Å². The van der Waals surface area contributed by atoms with Gasteiger partial charge >= 0.3 is 0 Å². The minimum Gasteiger partial charge on any atom is -0.322 e. The Morgan fingerprint density at radius 2 is 1.90 bits per heavy atom. The summed E-state index contributed by atoms with van der Waals surface area (Å²) in [6.45, 7) is 6.48. The predicted octanol–water partition coefficient (Wildman–Crippen LogP) is 4.24. The molecule has 1 aliphatic heterocycles. The first kappa shape index (κ1) is 15.9. The van der Waals surface area contributed by atoms with E-state index in [0.29, 0.717) is 5.56 Å². The third kappa shape index (κ3) is 2.78.